The molecule has 2 N–H and O–H groups in total. The summed E-state index contributed by atoms with van der Waals surface area (Å²) in [6.45, 7) is 1.73. The molecule has 0 unspecified atom stereocenters. The summed E-state index contributed by atoms with van der Waals surface area (Å²) in [5.41, 5.74) is 0.815. The smallest absolute Gasteiger partial charge is 0.352 e. The first-order valence-electron chi connectivity index (χ1n) is 4.16. The van der Waals surface area contributed by atoms with Gasteiger partial charge in [-0.25, -0.2) is 4.79 Å². The molecule has 14 heavy (non-hydrogen) atoms. The summed E-state index contributed by atoms with van der Waals surface area (Å²) in [7, 11) is 1.51. The lowest BCUT2D eigenvalue weighted by molar-refractivity contribution is -0.121. The molecule has 1 rings (SSSR count). The van der Waals surface area contributed by atoms with Crippen LogP contribution in [-0.2, 0) is 11.3 Å². The highest BCUT2D eigenvalue weighted by molar-refractivity contribution is 5.88. The summed E-state index contributed by atoms with van der Waals surface area (Å²) < 4.78 is 1.41. The van der Waals surface area contributed by atoms with E-state index in [0.29, 0.717) is 5.56 Å². The lowest BCUT2D eigenvalue weighted by atomic mass is 10.3. The molecule has 0 saturated carbocycles. The van der Waals surface area contributed by atoms with Crippen LogP contribution in [0.4, 0.5) is 0 Å². The Morgan fingerprint density at radius 2 is 2.21 bits per heavy atom. The van der Waals surface area contributed by atoms with Gasteiger partial charge in [0, 0.05) is 13.2 Å². The van der Waals surface area contributed by atoms with Crippen LogP contribution in [-0.4, -0.2) is 28.6 Å². The molecule has 0 fully saturated rings. The number of carbonyl (C=O) groups excluding carboxylic acids is 1. The molecule has 0 aromatic carbocycles. The number of carboxylic acids is 1. The molecule has 0 bridgehead atoms. The largest absolute Gasteiger partial charge is 0.477 e. The second-order valence-corrected chi connectivity index (χ2v) is 2.95. The van der Waals surface area contributed by atoms with Crippen LogP contribution in [0.3, 0.4) is 0 Å². The molecular formula is C9H12N2O3. The number of carboxylic acid groups (broad SMARTS) is 1. The molecule has 0 spiro atoms. The summed E-state index contributed by atoms with van der Waals surface area (Å²) in [6.07, 6.45) is 1.59. The summed E-state index contributed by atoms with van der Waals surface area (Å²) >= 11 is 0. The van der Waals surface area contributed by atoms with Gasteiger partial charge in [-0.15, -0.1) is 0 Å². The van der Waals surface area contributed by atoms with E-state index in [9.17, 15) is 9.59 Å². The number of carbonyl (C=O) groups is 2. The Balaban J connectivity index is 2.98. The first-order chi connectivity index (χ1) is 6.56. The Morgan fingerprint density at radius 3 is 2.71 bits per heavy atom. The van der Waals surface area contributed by atoms with Crippen molar-refractivity contribution in [1.82, 2.24) is 9.88 Å². The van der Waals surface area contributed by atoms with Gasteiger partial charge in [-0.2, -0.15) is 0 Å². The Bertz CT molecular complexity index is 368. The van der Waals surface area contributed by atoms with Crippen molar-refractivity contribution in [2.45, 2.75) is 13.5 Å². The molecule has 0 aliphatic heterocycles. The standard InChI is InChI=1S/C9H12N2O3/c1-6-3-4-11(5-7(12)10-2)8(6)9(13)14/h3-4H,5H2,1-2H3,(H,10,12)(H,13,14). The molecule has 0 saturated heterocycles. The van der Waals surface area contributed by atoms with Crippen LogP contribution >= 0.6 is 0 Å². The maximum atomic E-state index is 11.0. The van der Waals surface area contributed by atoms with E-state index in [4.69, 9.17) is 5.11 Å². The highest BCUT2D eigenvalue weighted by Gasteiger charge is 2.14. The van der Waals surface area contributed by atoms with Crippen LogP contribution in [0, 0.1) is 6.92 Å². The van der Waals surface area contributed by atoms with Crippen LogP contribution in [0.5, 0.6) is 0 Å². The molecule has 0 atom stereocenters. The molecule has 5 nitrogen and oxygen atoms in total. The van der Waals surface area contributed by atoms with E-state index in [2.05, 4.69) is 5.32 Å². The van der Waals surface area contributed by atoms with Gasteiger partial charge < -0.3 is 15.0 Å². The van der Waals surface area contributed by atoms with Crippen molar-refractivity contribution in [2.75, 3.05) is 7.05 Å². The van der Waals surface area contributed by atoms with Gasteiger partial charge in [-0.3, -0.25) is 4.79 Å². The van der Waals surface area contributed by atoms with E-state index >= 15 is 0 Å². The highest BCUT2D eigenvalue weighted by Crippen LogP contribution is 2.09. The van der Waals surface area contributed by atoms with Gasteiger partial charge >= 0.3 is 5.97 Å². The third-order valence-corrected chi connectivity index (χ3v) is 1.96. The first kappa shape index (κ1) is 10.3. The van der Waals surface area contributed by atoms with Gasteiger partial charge in [-0.1, -0.05) is 0 Å². The normalized spacial score (nSPS) is 9.86. The van der Waals surface area contributed by atoms with E-state index in [1.807, 2.05) is 0 Å². The van der Waals surface area contributed by atoms with Crippen molar-refractivity contribution >= 4 is 11.9 Å². The number of aryl methyl sites for hydroxylation is 1. The lowest BCUT2D eigenvalue weighted by Gasteiger charge is -2.05. The van der Waals surface area contributed by atoms with E-state index in [0.717, 1.165) is 0 Å². The molecule has 0 radical (unpaired) electrons. The fourth-order valence-corrected chi connectivity index (χ4v) is 1.24. The van der Waals surface area contributed by atoms with Gasteiger partial charge in [0.15, 0.2) is 0 Å². The zero-order valence-electron chi connectivity index (χ0n) is 8.07. The average Bonchev–Trinajstić information content (AvgIpc) is 2.46. The third-order valence-electron chi connectivity index (χ3n) is 1.96. The van der Waals surface area contributed by atoms with Gasteiger partial charge in [0.05, 0.1) is 0 Å². The Morgan fingerprint density at radius 1 is 1.57 bits per heavy atom. The number of amides is 1. The zero-order chi connectivity index (χ0) is 10.7. The van der Waals surface area contributed by atoms with Gasteiger partial charge in [0.25, 0.3) is 0 Å². The molecule has 1 aromatic rings. The van der Waals surface area contributed by atoms with Crippen LogP contribution in [0.25, 0.3) is 0 Å². The Labute approximate surface area is 81.3 Å². The van der Waals surface area contributed by atoms with Crippen LogP contribution < -0.4 is 5.32 Å². The highest BCUT2D eigenvalue weighted by atomic mass is 16.4. The van der Waals surface area contributed by atoms with Crippen LogP contribution in [0.2, 0.25) is 0 Å². The van der Waals surface area contributed by atoms with Crippen LogP contribution in [0.15, 0.2) is 12.3 Å². The monoisotopic (exact) mass is 196 g/mol. The molecule has 0 aliphatic carbocycles. The minimum Gasteiger partial charge on any atom is -0.477 e. The number of rotatable bonds is 3. The second kappa shape index (κ2) is 3.95. The number of aromatic carboxylic acids is 1. The van der Waals surface area contributed by atoms with Crippen molar-refractivity contribution in [2.24, 2.45) is 0 Å². The summed E-state index contributed by atoms with van der Waals surface area (Å²) in [4.78, 5) is 21.9. The van der Waals surface area contributed by atoms with E-state index in [1.54, 1.807) is 19.2 Å². The molecule has 5 heteroatoms. The van der Waals surface area contributed by atoms with E-state index < -0.39 is 5.97 Å². The van der Waals surface area contributed by atoms with Gasteiger partial charge in [0.2, 0.25) is 5.91 Å². The van der Waals surface area contributed by atoms with Gasteiger partial charge in [0.1, 0.15) is 12.2 Å². The molecule has 1 aromatic heterocycles. The van der Waals surface area contributed by atoms with Crippen LogP contribution in [0.1, 0.15) is 16.1 Å². The second-order valence-electron chi connectivity index (χ2n) is 2.95. The topological polar surface area (TPSA) is 71.3 Å². The SMILES string of the molecule is CNC(=O)Cn1ccc(C)c1C(=O)O. The summed E-state index contributed by atoms with van der Waals surface area (Å²) in [5, 5.41) is 11.3. The molecular weight excluding hydrogens is 184 g/mol. The maximum Gasteiger partial charge on any atom is 0.352 e. The fourth-order valence-electron chi connectivity index (χ4n) is 1.24. The number of hydrogen-bond acceptors (Lipinski definition) is 2. The molecule has 1 heterocycles. The molecule has 76 valence electrons. The van der Waals surface area contributed by atoms with Crippen molar-refractivity contribution in [3.8, 4) is 0 Å². The lowest BCUT2D eigenvalue weighted by Crippen LogP contribution is -2.25. The third kappa shape index (κ3) is 1.93. The number of hydrogen-bond donors (Lipinski definition) is 2. The minimum atomic E-state index is -1.02. The van der Waals surface area contributed by atoms with Crippen molar-refractivity contribution in [1.29, 1.82) is 0 Å². The molecule has 0 aliphatic rings. The van der Waals surface area contributed by atoms with Crippen molar-refractivity contribution < 1.29 is 14.7 Å². The Hall–Kier alpha value is -1.78. The van der Waals surface area contributed by atoms with Gasteiger partial charge in [-0.05, 0) is 18.6 Å². The minimum absolute atomic E-state index is 0.0337. The number of likely N-dealkylation sites (N-methyl/N-ethyl adjacent to an activating group) is 1. The summed E-state index contributed by atoms with van der Waals surface area (Å²) in [5.74, 6) is -1.24. The average molecular weight is 196 g/mol. The number of aromatic nitrogens is 1. The fraction of sp³-hybridized carbons (Fsp3) is 0.333. The van der Waals surface area contributed by atoms with Crippen molar-refractivity contribution in [3.63, 3.8) is 0 Å². The van der Waals surface area contributed by atoms with E-state index in [-0.39, 0.29) is 18.1 Å². The van der Waals surface area contributed by atoms with E-state index in [1.165, 1.54) is 11.6 Å². The summed E-state index contributed by atoms with van der Waals surface area (Å²) in [6, 6.07) is 1.67. The first-order valence-corrected chi connectivity index (χ1v) is 4.16. The molecule has 1 amide bonds. The Kier molecular flexibility index (Phi) is 2.91. The zero-order valence-corrected chi connectivity index (χ0v) is 8.07. The quantitative estimate of drug-likeness (QED) is 0.727. The maximum absolute atomic E-state index is 11.0. The number of nitrogens with zero attached hydrogens (tertiary/aromatic N) is 1. The predicted molar refractivity (Wildman–Crippen MR) is 50.2 cm³/mol. The predicted octanol–water partition coefficient (Wildman–Crippen LogP) is 0.241. The van der Waals surface area contributed by atoms with Crippen molar-refractivity contribution in [3.05, 3.63) is 23.5 Å². The number of nitrogens with one attached hydrogen (secondary N) is 1.